The molecule has 1 N–H and O–H groups in total. The van der Waals surface area contributed by atoms with Gasteiger partial charge in [0.2, 0.25) is 0 Å². The maximum absolute atomic E-state index is 7.03. The molecule has 3 nitrogen and oxygen atoms in total. The van der Waals surface area contributed by atoms with E-state index in [4.69, 9.17) is 4.42 Å². The van der Waals surface area contributed by atoms with E-state index < -0.39 is 0 Å². The highest BCUT2D eigenvalue weighted by atomic mass is 16.3. The highest BCUT2D eigenvalue weighted by Crippen LogP contribution is 2.51. The number of fused-ring (bicyclic) bond motifs is 7. The molecule has 1 aliphatic heterocycles. The molecule has 318 valence electrons. The lowest BCUT2D eigenvalue weighted by atomic mass is 9.58. The van der Waals surface area contributed by atoms with Gasteiger partial charge in [-0.25, -0.2) is 0 Å². The zero-order valence-corrected chi connectivity index (χ0v) is 39.3. The molecule has 0 radical (unpaired) electrons. The van der Waals surface area contributed by atoms with E-state index in [1.54, 1.807) is 0 Å². The molecule has 11 rings (SSSR count). The smallest absolute Gasteiger partial charge is 0.198 e. The van der Waals surface area contributed by atoms with Crippen LogP contribution in [0.15, 0.2) is 144 Å². The second-order valence-corrected chi connectivity index (χ2v) is 22.1. The number of benzene rings is 7. The molecule has 0 spiro atoms. The minimum Gasteiger partial charge on any atom is -0.455 e. The van der Waals surface area contributed by atoms with E-state index in [9.17, 15) is 0 Å². The summed E-state index contributed by atoms with van der Waals surface area (Å²) in [7, 11) is 0.783. The van der Waals surface area contributed by atoms with Gasteiger partial charge in [-0.1, -0.05) is 172 Å². The second kappa shape index (κ2) is 14.1. The first-order valence-electron chi connectivity index (χ1n) is 23.4. The summed E-state index contributed by atoms with van der Waals surface area (Å²) < 4.78 is 9.70. The zero-order chi connectivity index (χ0) is 44.5. The van der Waals surface area contributed by atoms with Gasteiger partial charge < -0.3 is 14.3 Å². The van der Waals surface area contributed by atoms with Gasteiger partial charge in [-0.2, -0.15) is 0 Å². The quantitative estimate of drug-likeness (QED) is 0.175. The lowest BCUT2D eigenvalue weighted by Crippen LogP contribution is -2.38. The largest absolute Gasteiger partial charge is 0.455 e. The van der Waals surface area contributed by atoms with Crippen LogP contribution in [0.25, 0.3) is 72.0 Å². The number of aromatic nitrogens is 1. The molecule has 0 unspecified atom stereocenters. The predicted molar refractivity (Wildman–Crippen MR) is 276 cm³/mol. The minimum atomic E-state index is -0.137. The van der Waals surface area contributed by atoms with E-state index in [1.165, 1.54) is 84.6 Å². The predicted octanol–water partition coefficient (Wildman–Crippen LogP) is 14.9. The van der Waals surface area contributed by atoms with Crippen LogP contribution in [-0.4, -0.2) is 11.8 Å². The van der Waals surface area contributed by atoms with Gasteiger partial charge in [0.25, 0.3) is 0 Å². The summed E-state index contributed by atoms with van der Waals surface area (Å²) in [6, 6.07) is 51.9. The van der Waals surface area contributed by atoms with Gasteiger partial charge >= 0.3 is 0 Å². The van der Waals surface area contributed by atoms with Crippen molar-refractivity contribution in [1.29, 1.82) is 0 Å². The Kier molecular flexibility index (Phi) is 8.94. The Balaban J connectivity index is 1.24. The van der Waals surface area contributed by atoms with Gasteiger partial charge in [0.1, 0.15) is 11.3 Å². The van der Waals surface area contributed by atoms with E-state index in [2.05, 4.69) is 219 Å². The summed E-state index contributed by atoms with van der Waals surface area (Å²) in [4.78, 5) is 0. The van der Waals surface area contributed by atoms with E-state index in [-0.39, 0.29) is 21.7 Å². The zero-order valence-electron chi connectivity index (χ0n) is 39.3. The summed E-state index contributed by atoms with van der Waals surface area (Å²) in [6.45, 7) is 23.8. The lowest BCUT2D eigenvalue weighted by molar-refractivity contribution is 0.332. The summed E-state index contributed by atoms with van der Waals surface area (Å²) in [5.74, 6) is 0.911. The van der Waals surface area contributed by atoms with Crippen LogP contribution in [0.1, 0.15) is 104 Å². The van der Waals surface area contributed by atoms with Crippen molar-refractivity contribution in [3.8, 4) is 39.3 Å². The van der Waals surface area contributed by atoms with Crippen LogP contribution in [0.5, 0.6) is 0 Å². The van der Waals surface area contributed by atoms with Crippen LogP contribution in [0.4, 0.5) is 11.4 Å². The van der Waals surface area contributed by atoms with Crippen molar-refractivity contribution in [2.45, 2.75) is 104 Å². The second-order valence-electron chi connectivity index (χ2n) is 22.1. The minimum absolute atomic E-state index is 0.0589. The fourth-order valence-corrected chi connectivity index (χ4v) is 11.0. The Bertz CT molecular complexity index is 3310. The van der Waals surface area contributed by atoms with E-state index in [0.717, 1.165) is 52.1 Å². The number of nitrogens with zero attached hydrogens (tertiary/aromatic N) is 1. The van der Waals surface area contributed by atoms with Crippen molar-refractivity contribution in [2.24, 2.45) is 0 Å². The number of hydrogen-bond acceptors (Lipinski definition) is 2. The Morgan fingerprint density at radius 1 is 0.609 bits per heavy atom. The van der Waals surface area contributed by atoms with E-state index >= 15 is 0 Å². The molecule has 64 heavy (non-hydrogen) atoms. The average molecular weight is 835 g/mol. The molecule has 4 heteroatoms. The van der Waals surface area contributed by atoms with Crippen LogP contribution in [0, 0.1) is 0 Å². The van der Waals surface area contributed by atoms with Gasteiger partial charge in [0, 0.05) is 55.4 Å². The summed E-state index contributed by atoms with van der Waals surface area (Å²) in [5.41, 5.74) is 21.3. The molecule has 2 aromatic heterocycles. The Morgan fingerprint density at radius 2 is 1.23 bits per heavy atom. The maximum Gasteiger partial charge on any atom is 0.198 e. The van der Waals surface area contributed by atoms with Crippen molar-refractivity contribution >= 4 is 62.4 Å². The van der Waals surface area contributed by atoms with Gasteiger partial charge in [-0.05, 0) is 116 Å². The molecule has 0 saturated carbocycles. The molecule has 0 amide bonds. The first-order chi connectivity index (χ1) is 30.5. The molecule has 0 atom stereocenters. The molecular formula is C60H59BN2O. The van der Waals surface area contributed by atoms with Crippen LogP contribution in [0.2, 0.25) is 0 Å². The van der Waals surface area contributed by atoms with Crippen molar-refractivity contribution in [1.82, 2.24) is 4.57 Å². The highest BCUT2D eigenvalue weighted by molar-refractivity contribution is 6.73. The molecule has 0 saturated heterocycles. The standard InChI is InChI=1S/C60H59BN2O/c1-57(2,3)38-25-27-39(28-26-38)62-48-24-18-17-23-40(48)41-31-46(58(4,5)6)53-42-32-44-45(60(9,10)30-29-59(44,7)8)34-49(42)63-50-33-43-51(35-47(50)61-54(41)55(53)63)64-56(37-21-15-12-16-22-37)52(43)36-19-13-11-14-20-36/h11-28,31-35,61-62H,29-30H2,1-10H3. The first kappa shape index (κ1) is 40.5. The fourth-order valence-electron chi connectivity index (χ4n) is 11.0. The molecule has 7 aromatic carbocycles. The normalized spacial score (nSPS) is 15.3. The number of para-hydroxylation sites is 1. The van der Waals surface area contributed by atoms with Crippen molar-refractivity contribution < 1.29 is 4.42 Å². The third kappa shape index (κ3) is 6.39. The first-order valence-corrected chi connectivity index (χ1v) is 23.4. The van der Waals surface area contributed by atoms with Gasteiger partial charge in [-0.3, -0.25) is 0 Å². The third-order valence-electron chi connectivity index (χ3n) is 14.8. The molecular weight excluding hydrogens is 775 g/mol. The number of rotatable bonds is 5. The molecule has 9 aromatic rings. The third-order valence-corrected chi connectivity index (χ3v) is 14.8. The summed E-state index contributed by atoms with van der Waals surface area (Å²) in [5, 5.41) is 7.77. The van der Waals surface area contributed by atoms with Crippen LogP contribution >= 0.6 is 0 Å². The Morgan fingerprint density at radius 3 is 1.89 bits per heavy atom. The highest BCUT2D eigenvalue weighted by Gasteiger charge is 2.40. The van der Waals surface area contributed by atoms with Crippen LogP contribution < -0.4 is 16.2 Å². The van der Waals surface area contributed by atoms with E-state index in [1.807, 2.05) is 0 Å². The molecule has 2 aliphatic rings. The fraction of sp³-hybridized carbons (Fsp3) is 0.267. The molecule has 0 bridgehead atoms. The number of furan rings is 1. The number of nitrogens with one attached hydrogen (secondary N) is 1. The molecule has 3 heterocycles. The van der Waals surface area contributed by atoms with Gasteiger partial charge in [-0.15, -0.1) is 0 Å². The Labute approximate surface area is 379 Å². The van der Waals surface area contributed by atoms with Crippen molar-refractivity contribution in [3.05, 3.63) is 162 Å². The van der Waals surface area contributed by atoms with Crippen LogP contribution in [0.3, 0.4) is 0 Å². The van der Waals surface area contributed by atoms with Gasteiger partial charge in [0.05, 0.1) is 5.52 Å². The lowest BCUT2D eigenvalue weighted by Gasteiger charge is -2.42. The maximum atomic E-state index is 7.03. The van der Waals surface area contributed by atoms with Crippen molar-refractivity contribution in [3.63, 3.8) is 0 Å². The Hall–Kier alpha value is -6.26. The molecule has 1 aliphatic carbocycles. The number of anilines is 2. The SMILES string of the molecule is CC(C)(C)c1ccc(Nc2ccccc2-c2cc(C(C)(C)C)c3c4cc5c(cc4n4c3c2Bc2cc3oc(-c6ccccc6)c(-c6ccccc6)c3cc2-4)C(C)(C)CCC5(C)C)cc1. The summed E-state index contributed by atoms with van der Waals surface area (Å²) in [6.07, 6.45) is 2.34. The monoisotopic (exact) mass is 834 g/mol. The number of hydrogen-bond donors (Lipinski definition) is 1. The van der Waals surface area contributed by atoms with Crippen LogP contribution in [-0.2, 0) is 21.7 Å². The summed E-state index contributed by atoms with van der Waals surface area (Å²) >= 11 is 0. The van der Waals surface area contributed by atoms with Gasteiger partial charge in [0.15, 0.2) is 7.28 Å². The van der Waals surface area contributed by atoms with Crippen molar-refractivity contribution in [2.75, 3.05) is 5.32 Å². The average Bonchev–Trinajstić information content (AvgIpc) is 3.81. The molecule has 0 fully saturated rings. The van der Waals surface area contributed by atoms with E-state index in [0.29, 0.717) is 0 Å². The topological polar surface area (TPSA) is 30.1 Å².